The SMILES string of the molecule is O=C(CSc1nnc(NC(=O)Cc2cccs2)s1)Nc1ccc(C(F)(F)F)cc1. The molecule has 6 nitrogen and oxygen atoms in total. The van der Waals surface area contributed by atoms with E-state index in [1.54, 1.807) is 0 Å². The first-order chi connectivity index (χ1) is 13.8. The van der Waals surface area contributed by atoms with E-state index in [1.807, 2.05) is 17.5 Å². The van der Waals surface area contributed by atoms with Crippen molar-refractivity contribution >= 4 is 57.1 Å². The number of thioether (sulfide) groups is 1. The lowest BCUT2D eigenvalue weighted by molar-refractivity contribution is -0.137. The molecule has 2 N–H and O–H groups in total. The van der Waals surface area contributed by atoms with Gasteiger partial charge in [-0.3, -0.25) is 9.59 Å². The third-order valence-electron chi connectivity index (χ3n) is 3.39. The Morgan fingerprint density at radius 1 is 1.03 bits per heavy atom. The zero-order valence-corrected chi connectivity index (χ0v) is 17.0. The van der Waals surface area contributed by atoms with E-state index in [1.165, 1.54) is 23.5 Å². The van der Waals surface area contributed by atoms with Gasteiger partial charge in [-0.1, -0.05) is 29.2 Å². The van der Waals surface area contributed by atoms with Crippen LogP contribution in [0.2, 0.25) is 0 Å². The summed E-state index contributed by atoms with van der Waals surface area (Å²) in [6.07, 6.45) is -4.18. The van der Waals surface area contributed by atoms with Crippen molar-refractivity contribution in [3.63, 3.8) is 0 Å². The molecule has 0 unspecified atom stereocenters. The number of hydrogen-bond acceptors (Lipinski definition) is 7. The molecule has 0 saturated carbocycles. The molecule has 0 atom stereocenters. The first-order valence-electron chi connectivity index (χ1n) is 8.05. The normalized spacial score (nSPS) is 11.3. The second-order valence-electron chi connectivity index (χ2n) is 5.59. The van der Waals surface area contributed by atoms with Crippen molar-refractivity contribution in [2.75, 3.05) is 16.4 Å². The van der Waals surface area contributed by atoms with Gasteiger partial charge in [0.25, 0.3) is 0 Å². The van der Waals surface area contributed by atoms with E-state index in [4.69, 9.17) is 0 Å². The summed E-state index contributed by atoms with van der Waals surface area (Å²) in [4.78, 5) is 24.8. The van der Waals surface area contributed by atoms with E-state index in [9.17, 15) is 22.8 Å². The number of alkyl halides is 3. The summed E-state index contributed by atoms with van der Waals surface area (Å²) in [7, 11) is 0. The van der Waals surface area contributed by atoms with Gasteiger partial charge in [-0.05, 0) is 35.7 Å². The number of nitrogens with one attached hydrogen (secondary N) is 2. The summed E-state index contributed by atoms with van der Waals surface area (Å²) in [5.41, 5.74) is -0.519. The quantitative estimate of drug-likeness (QED) is 0.401. The van der Waals surface area contributed by atoms with Crippen LogP contribution in [0, 0.1) is 0 Å². The number of thiophene rings is 1. The number of nitrogens with zero attached hydrogens (tertiary/aromatic N) is 2. The predicted octanol–water partition coefficient (Wildman–Crippen LogP) is 4.53. The largest absolute Gasteiger partial charge is 0.416 e. The van der Waals surface area contributed by atoms with Crippen LogP contribution in [0.5, 0.6) is 0 Å². The van der Waals surface area contributed by atoms with Gasteiger partial charge < -0.3 is 10.6 Å². The maximum atomic E-state index is 12.5. The van der Waals surface area contributed by atoms with Gasteiger partial charge in [-0.2, -0.15) is 13.2 Å². The fourth-order valence-electron chi connectivity index (χ4n) is 2.12. The Morgan fingerprint density at radius 2 is 1.79 bits per heavy atom. The molecule has 2 amide bonds. The van der Waals surface area contributed by atoms with E-state index in [2.05, 4.69) is 20.8 Å². The highest BCUT2D eigenvalue weighted by atomic mass is 32.2. The van der Waals surface area contributed by atoms with Crippen molar-refractivity contribution in [2.45, 2.75) is 16.9 Å². The Morgan fingerprint density at radius 3 is 2.45 bits per heavy atom. The molecule has 0 spiro atoms. The minimum Gasteiger partial charge on any atom is -0.325 e. The zero-order chi connectivity index (χ0) is 20.9. The molecule has 1 aromatic carbocycles. The molecule has 3 aromatic rings. The molecule has 29 heavy (non-hydrogen) atoms. The first-order valence-corrected chi connectivity index (χ1v) is 10.7. The van der Waals surface area contributed by atoms with Gasteiger partial charge >= 0.3 is 6.18 Å². The van der Waals surface area contributed by atoms with Crippen LogP contribution in [0.15, 0.2) is 46.1 Å². The number of hydrogen-bond donors (Lipinski definition) is 2. The first kappa shape index (κ1) is 21.3. The second kappa shape index (κ2) is 9.37. The van der Waals surface area contributed by atoms with Gasteiger partial charge in [0.1, 0.15) is 0 Å². The Labute approximate surface area is 175 Å². The molecular weight excluding hydrogens is 445 g/mol. The van der Waals surface area contributed by atoms with Crippen LogP contribution in [-0.2, 0) is 22.2 Å². The summed E-state index contributed by atoms with van der Waals surface area (Å²) in [5.74, 6) is -0.604. The number of benzene rings is 1. The van der Waals surface area contributed by atoms with E-state index in [0.717, 1.165) is 40.1 Å². The molecule has 2 heterocycles. The number of amides is 2. The number of halogens is 3. The highest BCUT2D eigenvalue weighted by Crippen LogP contribution is 2.30. The Balaban J connectivity index is 1.45. The van der Waals surface area contributed by atoms with Crippen molar-refractivity contribution in [1.82, 2.24) is 10.2 Å². The van der Waals surface area contributed by atoms with Gasteiger partial charge in [0.05, 0.1) is 17.7 Å². The molecule has 12 heteroatoms. The van der Waals surface area contributed by atoms with Crippen molar-refractivity contribution in [2.24, 2.45) is 0 Å². The van der Waals surface area contributed by atoms with Gasteiger partial charge in [0, 0.05) is 10.6 Å². The van der Waals surface area contributed by atoms with Gasteiger partial charge in [-0.25, -0.2) is 0 Å². The molecule has 152 valence electrons. The monoisotopic (exact) mass is 458 g/mol. The van der Waals surface area contributed by atoms with E-state index in [-0.39, 0.29) is 23.8 Å². The van der Waals surface area contributed by atoms with E-state index >= 15 is 0 Å². The second-order valence-corrected chi connectivity index (χ2v) is 8.82. The highest BCUT2D eigenvalue weighted by Gasteiger charge is 2.30. The number of rotatable bonds is 7. The lowest BCUT2D eigenvalue weighted by Gasteiger charge is -2.08. The van der Waals surface area contributed by atoms with Crippen molar-refractivity contribution in [3.05, 3.63) is 52.2 Å². The minimum atomic E-state index is -4.42. The summed E-state index contributed by atoms with van der Waals surface area (Å²) in [5, 5.41) is 15.1. The van der Waals surface area contributed by atoms with Crippen LogP contribution in [0.1, 0.15) is 10.4 Å². The summed E-state index contributed by atoms with van der Waals surface area (Å²) < 4.78 is 38.1. The van der Waals surface area contributed by atoms with Crippen molar-refractivity contribution in [3.8, 4) is 0 Å². The van der Waals surface area contributed by atoms with Crippen LogP contribution < -0.4 is 10.6 Å². The fourth-order valence-corrected chi connectivity index (χ4v) is 4.39. The lowest BCUT2D eigenvalue weighted by Crippen LogP contribution is -2.14. The molecule has 0 saturated heterocycles. The molecule has 3 rings (SSSR count). The average Bonchev–Trinajstić information content (AvgIpc) is 3.31. The van der Waals surface area contributed by atoms with Gasteiger partial charge in [-0.15, -0.1) is 21.5 Å². The topological polar surface area (TPSA) is 84.0 Å². The van der Waals surface area contributed by atoms with Gasteiger partial charge in [0.2, 0.25) is 16.9 Å². The van der Waals surface area contributed by atoms with Crippen LogP contribution >= 0.6 is 34.4 Å². The summed E-state index contributed by atoms with van der Waals surface area (Å²) in [6, 6.07) is 7.91. The predicted molar refractivity (Wildman–Crippen MR) is 107 cm³/mol. The molecule has 2 aromatic heterocycles. The number of carbonyl (C=O) groups is 2. The maximum Gasteiger partial charge on any atom is 0.416 e. The third-order valence-corrected chi connectivity index (χ3v) is 6.24. The maximum absolute atomic E-state index is 12.5. The van der Waals surface area contributed by atoms with Crippen LogP contribution in [0.25, 0.3) is 0 Å². The molecule has 0 aliphatic heterocycles. The zero-order valence-electron chi connectivity index (χ0n) is 14.5. The number of carbonyl (C=O) groups excluding carboxylic acids is 2. The van der Waals surface area contributed by atoms with Crippen molar-refractivity contribution in [1.29, 1.82) is 0 Å². The van der Waals surface area contributed by atoms with Crippen molar-refractivity contribution < 1.29 is 22.8 Å². The minimum absolute atomic E-state index is 0.00119. The number of anilines is 2. The Kier molecular flexibility index (Phi) is 6.87. The molecule has 0 aliphatic carbocycles. The third kappa shape index (κ3) is 6.54. The standard InChI is InChI=1S/C17H13F3N4O2S3/c18-17(19,20)10-3-5-11(6-4-10)21-14(26)9-28-16-24-23-15(29-16)22-13(25)8-12-2-1-7-27-12/h1-7H,8-9H2,(H,21,26)(H,22,23,25). The molecule has 0 radical (unpaired) electrons. The molecule has 0 aliphatic rings. The van der Waals surface area contributed by atoms with E-state index in [0.29, 0.717) is 9.47 Å². The lowest BCUT2D eigenvalue weighted by atomic mass is 10.2. The molecule has 0 bridgehead atoms. The highest BCUT2D eigenvalue weighted by molar-refractivity contribution is 8.01. The average molecular weight is 459 g/mol. The number of aromatic nitrogens is 2. The molecule has 0 fully saturated rings. The molecular formula is C17H13F3N4O2S3. The van der Waals surface area contributed by atoms with Gasteiger partial charge in [0.15, 0.2) is 4.34 Å². The Hall–Kier alpha value is -2.44. The van der Waals surface area contributed by atoms with E-state index < -0.39 is 17.6 Å². The summed E-state index contributed by atoms with van der Waals surface area (Å²) >= 11 is 3.73. The Bertz CT molecular complexity index is 973. The summed E-state index contributed by atoms with van der Waals surface area (Å²) in [6.45, 7) is 0. The van der Waals surface area contributed by atoms with Crippen LogP contribution in [0.4, 0.5) is 24.0 Å². The van der Waals surface area contributed by atoms with Crippen LogP contribution in [0.3, 0.4) is 0 Å². The fraction of sp³-hybridized carbons (Fsp3) is 0.176. The smallest absolute Gasteiger partial charge is 0.325 e. The van der Waals surface area contributed by atoms with Crippen LogP contribution in [-0.4, -0.2) is 27.8 Å².